The molecule has 1 spiro atoms. The van der Waals surface area contributed by atoms with Crippen LogP contribution in [0.3, 0.4) is 0 Å². The van der Waals surface area contributed by atoms with Gasteiger partial charge in [0, 0.05) is 25.2 Å². The molecule has 17 heavy (non-hydrogen) atoms. The number of ketones is 1. The van der Waals surface area contributed by atoms with Crippen LogP contribution in [0.25, 0.3) is 0 Å². The number of ether oxygens (including phenoxy) is 1. The summed E-state index contributed by atoms with van der Waals surface area (Å²) >= 11 is 2.02. The fourth-order valence-electron chi connectivity index (χ4n) is 3.01. The lowest BCUT2D eigenvalue weighted by Gasteiger charge is -2.37. The Labute approximate surface area is 109 Å². The standard InChI is InChI=1S/C14H24O2S/c1-2-3-13(15)5-4-12-6-8-16-14(10-12)7-9-17-11-14/h12H,2-11H2,1H3. The van der Waals surface area contributed by atoms with Gasteiger partial charge >= 0.3 is 0 Å². The number of hydrogen-bond donors (Lipinski definition) is 0. The smallest absolute Gasteiger partial charge is 0.132 e. The van der Waals surface area contributed by atoms with Gasteiger partial charge < -0.3 is 4.74 Å². The molecule has 2 rings (SSSR count). The van der Waals surface area contributed by atoms with Gasteiger partial charge in [0.15, 0.2) is 0 Å². The zero-order valence-corrected chi connectivity index (χ0v) is 11.7. The van der Waals surface area contributed by atoms with Crippen LogP contribution in [0, 0.1) is 5.92 Å². The summed E-state index contributed by atoms with van der Waals surface area (Å²) in [6.45, 7) is 2.99. The minimum atomic E-state index is 0.182. The lowest BCUT2D eigenvalue weighted by atomic mass is 9.82. The summed E-state index contributed by atoms with van der Waals surface area (Å²) < 4.78 is 6.01. The SMILES string of the molecule is CCCC(=O)CCC1CCOC2(CCSC2)C1. The molecule has 0 N–H and O–H groups in total. The van der Waals surface area contributed by atoms with Crippen LogP contribution in [0.1, 0.15) is 51.9 Å². The highest BCUT2D eigenvalue weighted by molar-refractivity contribution is 7.99. The molecule has 2 aliphatic heterocycles. The largest absolute Gasteiger partial charge is 0.374 e. The first-order valence-corrected chi connectivity index (χ1v) is 8.13. The van der Waals surface area contributed by atoms with E-state index in [4.69, 9.17) is 4.74 Å². The number of thioether (sulfide) groups is 1. The number of Topliss-reactive ketones (excluding diaryl/α,β-unsaturated/α-hetero) is 1. The predicted octanol–water partition coefficient (Wildman–Crippen LogP) is 3.44. The van der Waals surface area contributed by atoms with Crippen molar-refractivity contribution in [3.8, 4) is 0 Å². The van der Waals surface area contributed by atoms with Crippen LogP contribution in [0.4, 0.5) is 0 Å². The van der Waals surface area contributed by atoms with E-state index in [1.165, 1.54) is 24.3 Å². The Balaban J connectivity index is 1.75. The van der Waals surface area contributed by atoms with Crippen molar-refractivity contribution < 1.29 is 9.53 Å². The summed E-state index contributed by atoms with van der Waals surface area (Å²) in [5.74, 6) is 3.60. The molecular formula is C14H24O2S. The first-order chi connectivity index (χ1) is 8.24. The van der Waals surface area contributed by atoms with E-state index in [-0.39, 0.29) is 5.60 Å². The van der Waals surface area contributed by atoms with Crippen LogP contribution < -0.4 is 0 Å². The molecule has 0 bridgehead atoms. The first kappa shape index (κ1) is 13.4. The summed E-state index contributed by atoms with van der Waals surface area (Å²) in [5.41, 5.74) is 0.182. The van der Waals surface area contributed by atoms with Gasteiger partial charge in [0.05, 0.1) is 5.60 Å². The maximum Gasteiger partial charge on any atom is 0.132 e. The molecule has 3 heteroatoms. The maximum absolute atomic E-state index is 11.6. The number of rotatable bonds is 5. The van der Waals surface area contributed by atoms with Crippen LogP contribution in [0.15, 0.2) is 0 Å². The molecule has 0 aromatic rings. The molecule has 2 fully saturated rings. The highest BCUT2D eigenvalue weighted by Crippen LogP contribution is 2.41. The third kappa shape index (κ3) is 3.72. The predicted molar refractivity (Wildman–Crippen MR) is 72.5 cm³/mol. The Bertz CT molecular complexity index is 259. The minimum absolute atomic E-state index is 0.182. The quantitative estimate of drug-likeness (QED) is 0.754. The zero-order valence-electron chi connectivity index (χ0n) is 10.9. The third-order valence-corrected chi connectivity index (χ3v) is 5.25. The Morgan fingerprint density at radius 3 is 3.06 bits per heavy atom. The lowest BCUT2D eigenvalue weighted by molar-refractivity contribution is -0.120. The van der Waals surface area contributed by atoms with Crippen LogP contribution in [-0.2, 0) is 9.53 Å². The molecule has 2 aliphatic rings. The van der Waals surface area contributed by atoms with Gasteiger partial charge in [0.2, 0.25) is 0 Å². The van der Waals surface area contributed by atoms with Gasteiger partial charge in [-0.3, -0.25) is 4.79 Å². The molecule has 0 aromatic carbocycles. The van der Waals surface area contributed by atoms with Gasteiger partial charge in [-0.2, -0.15) is 11.8 Å². The second-order valence-corrected chi connectivity index (χ2v) is 6.63. The normalized spacial score (nSPS) is 33.1. The molecule has 0 amide bonds. The van der Waals surface area contributed by atoms with Gasteiger partial charge in [0.25, 0.3) is 0 Å². The molecule has 2 atom stereocenters. The van der Waals surface area contributed by atoms with E-state index in [1.54, 1.807) is 0 Å². The number of hydrogen-bond acceptors (Lipinski definition) is 3. The fraction of sp³-hybridized carbons (Fsp3) is 0.929. The van der Waals surface area contributed by atoms with Crippen LogP contribution in [-0.4, -0.2) is 29.5 Å². The lowest BCUT2D eigenvalue weighted by Crippen LogP contribution is -2.39. The third-order valence-electron chi connectivity index (χ3n) is 4.02. The van der Waals surface area contributed by atoms with E-state index >= 15 is 0 Å². The Kier molecular flexibility index (Phi) is 4.92. The summed E-state index contributed by atoms with van der Waals surface area (Å²) in [7, 11) is 0. The zero-order chi connectivity index (χ0) is 12.1. The van der Waals surface area contributed by atoms with Crippen molar-refractivity contribution in [2.75, 3.05) is 18.1 Å². The second-order valence-electron chi connectivity index (χ2n) is 5.52. The number of carbonyl (C=O) groups excluding carboxylic acids is 1. The van der Waals surface area contributed by atoms with Gasteiger partial charge in [-0.25, -0.2) is 0 Å². The highest BCUT2D eigenvalue weighted by Gasteiger charge is 2.40. The molecular weight excluding hydrogens is 232 g/mol. The van der Waals surface area contributed by atoms with Crippen molar-refractivity contribution in [2.45, 2.75) is 57.5 Å². The molecule has 98 valence electrons. The van der Waals surface area contributed by atoms with Crippen LogP contribution >= 0.6 is 11.8 Å². The van der Waals surface area contributed by atoms with Crippen molar-refractivity contribution in [1.29, 1.82) is 0 Å². The van der Waals surface area contributed by atoms with Crippen molar-refractivity contribution >= 4 is 17.5 Å². The molecule has 0 radical (unpaired) electrons. The summed E-state index contributed by atoms with van der Waals surface area (Å²) in [6, 6.07) is 0. The fourth-order valence-corrected chi connectivity index (χ4v) is 4.39. The maximum atomic E-state index is 11.6. The van der Waals surface area contributed by atoms with Crippen molar-refractivity contribution in [3.63, 3.8) is 0 Å². The average molecular weight is 256 g/mol. The van der Waals surface area contributed by atoms with E-state index in [9.17, 15) is 4.79 Å². The molecule has 0 aliphatic carbocycles. The summed E-state index contributed by atoms with van der Waals surface area (Å²) in [4.78, 5) is 11.6. The van der Waals surface area contributed by atoms with Crippen LogP contribution in [0.2, 0.25) is 0 Å². The average Bonchev–Trinajstić information content (AvgIpc) is 2.75. The molecule has 0 aromatic heterocycles. The van der Waals surface area contributed by atoms with Crippen molar-refractivity contribution in [2.24, 2.45) is 5.92 Å². The summed E-state index contributed by atoms with van der Waals surface area (Å²) in [6.07, 6.45) is 7.22. The minimum Gasteiger partial charge on any atom is -0.374 e. The molecule has 0 saturated carbocycles. The molecule has 2 heterocycles. The second kappa shape index (κ2) is 6.24. The van der Waals surface area contributed by atoms with Crippen molar-refractivity contribution in [3.05, 3.63) is 0 Å². The van der Waals surface area contributed by atoms with E-state index < -0.39 is 0 Å². The van der Waals surface area contributed by atoms with Crippen LogP contribution in [0.5, 0.6) is 0 Å². The van der Waals surface area contributed by atoms with E-state index in [2.05, 4.69) is 6.92 Å². The Hall–Kier alpha value is -0.0200. The van der Waals surface area contributed by atoms with Gasteiger partial charge in [-0.05, 0) is 43.8 Å². The van der Waals surface area contributed by atoms with Gasteiger partial charge in [-0.15, -0.1) is 0 Å². The van der Waals surface area contributed by atoms with Gasteiger partial charge in [-0.1, -0.05) is 6.92 Å². The molecule has 2 unspecified atom stereocenters. The monoisotopic (exact) mass is 256 g/mol. The Morgan fingerprint density at radius 1 is 1.47 bits per heavy atom. The highest BCUT2D eigenvalue weighted by atomic mass is 32.2. The van der Waals surface area contributed by atoms with E-state index in [1.807, 2.05) is 11.8 Å². The van der Waals surface area contributed by atoms with E-state index in [0.717, 1.165) is 44.6 Å². The molecule has 2 saturated heterocycles. The topological polar surface area (TPSA) is 26.3 Å². The first-order valence-electron chi connectivity index (χ1n) is 6.97. The molecule has 2 nitrogen and oxygen atoms in total. The van der Waals surface area contributed by atoms with Gasteiger partial charge in [0.1, 0.15) is 5.78 Å². The summed E-state index contributed by atoms with van der Waals surface area (Å²) in [5, 5.41) is 0. The van der Waals surface area contributed by atoms with E-state index in [0.29, 0.717) is 5.78 Å². The number of carbonyl (C=O) groups is 1. The van der Waals surface area contributed by atoms with Crippen molar-refractivity contribution in [1.82, 2.24) is 0 Å². The Morgan fingerprint density at radius 2 is 2.35 bits per heavy atom.